The Kier molecular flexibility index (Phi) is 9.63. The number of rotatable bonds is 5. The molecule has 0 saturated heterocycles. The van der Waals surface area contributed by atoms with Gasteiger partial charge in [0.05, 0.1) is 68.1 Å². The first-order valence-corrected chi connectivity index (χ1v) is 20.1. The highest BCUT2D eigenvalue weighted by Gasteiger charge is 2.46. The molecule has 57 heavy (non-hydrogen) atoms. The minimum atomic E-state index is -1.22. The zero-order valence-corrected chi connectivity index (χ0v) is 34.6. The Morgan fingerprint density at radius 2 is 0.667 bits per heavy atom. The van der Waals surface area contributed by atoms with E-state index in [4.69, 9.17) is 92.8 Å². The lowest BCUT2D eigenvalue weighted by molar-refractivity contribution is 0.0874. The van der Waals surface area contributed by atoms with E-state index in [1.165, 1.54) is 0 Å². The lowest BCUT2D eigenvalue weighted by Crippen LogP contribution is -2.15. The normalized spacial score (nSPS) is 14.3. The first-order valence-electron chi connectivity index (χ1n) is 17.1. The van der Waals surface area contributed by atoms with Gasteiger partial charge in [0, 0.05) is 22.1 Å². The molecule has 280 valence electrons. The molecular weight excluding hydrogens is 890 g/mol. The van der Waals surface area contributed by atoms with Crippen LogP contribution in [0.15, 0.2) is 103 Å². The van der Waals surface area contributed by atoms with Crippen LogP contribution in [0.5, 0.6) is 0 Å². The Labute approximate surface area is 364 Å². The fraction of sp³-hybridized carbons (Fsp3) is 0.0455. The molecule has 0 bridgehead atoms. The van der Waals surface area contributed by atoms with E-state index in [2.05, 4.69) is 6.07 Å². The molecule has 0 heterocycles. The monoisotopic (exact) mass is 905 g/mol. The van der Waals surface area contributed by atoms with Crippen molar-refractivity contribution < 1.29 is 19.2 Å². The van der Waals surface area contributed by atoms with E-state index in [1.807, 2.05) is 77.7 Å². The van der Waals surface area contributed by atoms with Crippen molar-refractivity contribution in [2.45, 2.75) is 11.8 Å². The minimum Gasteiger partial charge on any atom is -0.309 e. The van der Waals surface area contributed by atoms with Gasteiger partial charge in [-0.05, 0) is 52.2 Å². The maximum Gasteiger partial charge on any atom is 0.180 e. The Bertz CT molecular complexity index is 2690. The molecule has 0 radical (unpaired) electrons. The van der Waals surface area contributed by atoms with Gasteiger partial charge in [0.25, 0.3) is 0 Å². The summed E-state index contributed by atoms with van der Waals surface area (Å²) in [7, 11) is 0. The van der Waals surface area contributed by atoms with Crippen LogP contribution in [0.4, 0.5) is 17.1 Å². The summed E-state index contributed by atoms with van der Waals surface area (Å²) in [5.41, 5.74) is 2.79. The Balaban J connectivity index is 1.18. The molecule has 0 unspecified atom stereocenters. The fourth-order valence-corrected chi connectivity index (χ4v) is 9.96. The molecule has 0 fully saturated rings. The summed E-state index contributed by atoms with van der Waals surface area (Å²) in [5.74, 6) is -4.59. The van der Waals surface area contributed by atoms with Crippen molar-refractivity contribution in [2.75, 3.05) is 4.90 Å². The van der Waals surface area contributed by atoms with Gasteiger partial charge in [-0.3, -0.25) is 19.2 Å². The number of hydrogen-bond donors (Lipinski definition) is 0. The van der Waals surface area contributed by atoms with E-state index in [0.29, 0.717) is 22.5 Å². The molecule has 5 nitrogen and oxygen atoms in total. The van der Waals surface area contributed by atoms with Gasteiger partial charge in [0.2, 0.25) is 0 Å². The Morgan fingerprint density at radius 3 is 0.982 bits per heavy atom. The van der Waals surface area contributed by atoms with Gasteiger partial charge in [0.1, 0.15) is 11.8 Å². The number of fused-ring (bicyclic) bond motifs is 4. The second-order valence-electron chi connectivity index (χ2n) is 13.5. The van der Waals surface area contributed by atoms with Crippen molar-refractivity contribution in [1.82, 2.24) is 0 Å². The molecular formula is C44H19Cl8NO4. The highest BCUT2D eigenvalue weighted by Crippen LogP contribution is 2.51. The molecule has 2 aliphatic carbocycles. The summed E-state index contributed by atoms with van der Waals surface area (Å²) < 4.78 is 0. The number of halogens is 8. The third kappa shape index (κ3) is 5.74. The second-order valence-corrected chi connectivity index (χ2v) is 16.5. The topological polar surface area (TPSA) is 71.5 Å². The number of carbonyl (C=O) groups is 4. The van der Waals surface area contributed by atoms with Gasteiger partial charge >= 0.3 is 0 Å². The van der Waals surface area contributed by atoms with Crippen LogP contribution in [-0.2, 0) is 0 Å². The van der Waals surface area contributed by atoms with Gasteiger partial charge in [-0.25, -0.2) is 0 Å². The third-order valence-corrected chi connectivity index (χ3v) is 14.1. The SMILES string of the molecule is O=C1c2c(Cl)c(Cl)c(Cl)c(Cl)c2C(=O)C1c1ccc(N(c2ccc(C3C(=O)c4c(Cl)c(Cl)c(Cl)c(Cl)c4C3=O)cc2)c2c3ccccc3cc3ccccc23)cc1. The maximum absolute atomic E-state index is 13.8. The lowest BCUT2D eigenvalue weighted by Gasteiger charge is -2.29. The van der Waals surface area contributed by atoms with Crippen molar-refractivity contribution in [1.29, 1.82) is 0 Å². The van der Waals surface area contributed by atoms with Crippen LogP contribution < -0.4 is 4.90 Å². The quantitative estimate of drug-likeness (QED) is 0.0745. The lowest BCUT2D eigenvalue weighted by atomic mass is 9.93. The van der Waals surface area contributed by atoms with Crippen LogP contribution in [0.25, 0.3) is 21.5 Å². The Hall–Kier alpha value is -4.14. The van der Waals surface area contributed by atoms with Gasteiger partial charge in [0.15, 0.2) is 23.1 Å². The van der Waals surface area contributed by atoms with Crippen LogP contribution in [0, 0.1) is 0 Å². The predicted molar refractivity (Wildman–Crippen MR) is 232 cm³/mol. The van der Waals surface area contributed by atoms with Gasteiger partial charge < -0.3 is 4.90 Å². The van der Waals surface area contributed by atoms with Crippen LogP contribution in [0.3, 0.4) is 0 Å². The average molecular weight is 909 g/mol. The van der Waals surface area contributed by atoms with Gasteiger partial charge in [-0.1, -0.05) is 166 Å². The summed E-state index contributed by atoms with van der Waals surface area (Å²) in [6, 6.07) is 32.1. The van der Waals surface area contributed by atoms with Crippen LogP contribution in [0.1, 0.15) is 64.4 Å². The van der Waals surface area contributed by atoms with Crippen molar-refractivity contribution in [3.63, 3.8) is 0 Å². The first kappa shape index (κ1) is 38.4. The van der Waals surface area contributed by atoms with Crippen molar-refractivity contribution >= 4 is 155 Å². The smallest absolute Gasteiger partial charge is 0.180 e. The van der Waals surface area contributed by atoms with E-state index >= 15 is 0 Å². The molecule has 0 spiro atoms. The van der Waals surface area contributed by atoms with E-state index in [0.717, 1.165) is 27.2 Å². The van der Waals surface area contributed by atoms with Gasteiger partial charge in [-0.15, -0.1) is 0 Å². The molecule has 9 rings (SSSR count). The third-order valence-electron chi connectivity index (χ3n) is 10.5. The molecule has 2 aliphatic rings. The number of ketones is 4. The molecule has 0 N–H and O–H groups in total. The summed E-state index contributed by atoms with van der Waals surface area (Å²) in [5, 5.41) is 2.95. The van der Waals surface area contributed by atoms with Crippen LogP contribution >= 0.6 is 92.8 Å². The largest absolute Gasteiger partial charge is 0.309 e. The molecule has 0 saturated carbocycles. The summed E-state index contributed by atoms with van der Waals surface area (Å²) in [4.78, 5) is 57.1. The summed E-state index contributed by atoms with van der Waals surface area (Å²) in [6.45, 7) is 0. The van der Waals surface area contributed by atoms with Gasteiger partial charge in [-0.2, -0.15) is 0 Å². The number of Topliss-reactive ketones (excluding diaryl/α,β-unsaturated/α-hetero) is 4. The van der Waals surface area contributed by atoms with Crippen molar-refractivity contribution in [2.24, 2.45) is 0 Å². The maximum atomic E-state index is 13.8. The highest BCUT2D eigenvalue weighted by atomic mass is 35.5. The number of nitrogens with zero attached hydrogens (tertiary/aromatic N) is 1. The Morgan fingerprint density at radius 1 is 0.368 bits per heavy atom. The number of carbonyl (C=O) groups excluding carboxylic acids is 4. The standard InChI is InChI=1S/C44H19Cl8NO4/c45-32-28-29(33(46)37(50)36(32)49)42(55)26(41(28)54)18-9-13-22(14-10-18)53(40-24-7-3-1-5-20(24)17-21-6-2-4-8-25(21)40)23-15-11-19(12-16-23)27-43(56)30-31(44(27)57)35(48)39(52)38(51)34(30)47/h1-17,26-27H. The zero-order valence-electron chi connectivity index (χ0n) is 28.6. The molecule has 0 amide bonds. The van der Waals surface area contributed by atoms with Crippen molar-refractivity contribution in [3.8, 4) is 0 Å². The minimum absolute atomic E-state index is 0.0582. The van der Waals surface area contributed by atoms with Crippen LogP contribution in [-0.4, -0.2) is 23.1 Å². The van der Waals surface area contributed by atoms with E-state index in [1.54, 1.807) is 24.3 Å². The van der Waals surface area contributed by atoms with Crippen molar-refractivity contribution in [3.05, 3.63) is 177 Å². The summed E-state index contributed by atoms with van der Waals surface area (Å²) >= 11 is 50.8. The van der Waals surface area contributed by atoms with E-state index in [9.17, 15) is 19.2 Å². The van der Waals surface area contributed by atoms with Crippen LogP contribution in [0.2, 0.25) is 40.2 Å². The second kappa shape index (κ2) is 14.3. The first-order chi connectivity index (χ1) is 27.3. The predicted octanol–water partition coefficient (Wildman–Crippen LogP) is 15.0. The highest BCUT2D eigenvalue weighted by molar-refractivity contribution is 6.57. The van der Waals surface area contributed by atoms with E-state index in [-0.39, 0.29) is 62.4 Å². The molecule has 7 aromatic carbocycles. The number of hydrogen-bond acceptors (Lipinski definition) is 5. The summed E-state index contributed by atoms with van der Waals surface area (Å²) in [6.07, 6.45) is 0. The molecule has 7 aromatic rings. The fourth-order valence-electron chi connectivity index (χ4n) is 7.88. The average Bonchev–Trinajstić information content (AvgIpc) is 3.64. The van der Waals surface area contributed by atoms with E-state index < -0.39 is 35.0 Å². The molecule has 0 aliphatic heterocycles. The number of anilines is 3. The molecule has 0 atom stereocenters. The zero-order chi connectivity index (χ0) is 40.2. The number of benzene rings is 7. The molecule has 0 aromatic heterocycles. The molecule has 13 heteroatoms.